The van der Waals surface area contributed by atoms with Crippen LogP contribution in [0.25, 0.3) is 11.0 Å². The SMILES string of the molecule is O=c1c(Oc2ccccc2Br)c(C(F)(F)F)oc2cc(OCc3ccccc3)ccc12. The maximum absolute atomic E-state index is 13.7. The van der Waals surface area contributed by atoms with Crippen LogP contribution in [0.4, 0.5) is 13.2 Å². The summed E-state index contributed by atoms with van der Waals surface area (Å²) in [5.41, 5.74) is -0.293. The van der Waals surface area contributed by atoms with Crippen LogP contribution < -0.4 is 14.9 Å². The highest BCUT2D eigenvalue weighted by Gasteiger charge is 2.40. The van der Waals surface area contributed by atoms with E-state index in [4.69, 9.17) is 13.9 Å². The van der Waals surface area contributed by atoms with E-state index in [0.29, 0.717) is 4.47 Å². The summed E-state index contributed by atoms with van der Waals surface area (Å²) in [6.07, 6.45) is -4.94. The normalized spacial score (nSPS) is 11.5. The lowest BCUT2D eigenvalue weighted by atomic mass is 10.2. The van der Waals surface area contributed by atoms with Gasteiger partial charge in [0.15, 0.2) is 0 Å². The molecule has 0 aliphatic rings. The Bertz CT molecular complexity index is 1280. The molecule has 0 radical (unpaired) electrons. The van der Waals surface area contributed by atoms with Crippen molar-refractivity contribution in [1.82, 2.24) is 0 Å². The lowest BCUT2D eigenvalue weighted by Crippen LogP contribution is -2.15. The van der Waals surface area contributed by atoms with Crippen LogP contribution in [0.1, 0.15) is 11.3 Å². The summed E-state index contributed by atoms with van der Waals surface area (Å²) in [5.74, 6) is -2.11. The van der Waals surface area contributed by atoms with Crippen LogP contribution >= 0.6 is 15.9 Å². The molecule has 0 fully saturated rings. The zero-order valence-electron chi connectivity index (χ0n) is 15.8. The molecule has 158 valence electrons. The fourth-order valence-corrected chi connectivity index (χ4v) is 3.27. The summed E-state index contributed by atoms with van der Waals surface area (Å²) in [4.78, 5) is 12.9. The van der Waals surface area contributed by atoms with E-state index in [0.717, 1.165) is 5.56 Å². The van der Waals surface area contributed by atoms with Gasteiger partial charge in [0.05, 0.1) is 9.86 Å². The lowest BCUT2D eigenvalue weighted by molar-refractivity contribution is -0.154. The minimum Gasteiger partial charge on any atom is -0.489 e. The first-order valence-corrected chi connectivity index (χ1v) is 9.89. The van der Waals surface area contributed by atoms with Crippen molar-refractivity contribution in [2.75, 3.05) is 0 Å². The van der Waals surface area contributed by atoms with Crippen molar-refractivity contribution in [3.63, 3.8) is 0 Å². The zero-order valence-corrected chi connectivity index (χ0v) is 17.4. The number of hydrogen-bond donors (Lipinski definition) is 0. The van der Waals surface area contributed by atoms with E-state index in [1.54, 1.807) is 18.2 Å². The molecule has 31 heavy (non-hydrogen) atoms. The minimum atomic E-state index is -4.94. The number of halogens is 4. The number of para-hydroxylation sites is 1. The topological polar surface area (TPSA) is 48.7 Å². The first-order chi connectivity index (χ1) is 14.8. The summed E-state index contributed by atoms with van der Waals surface area (Å²) in [6.45, 7) is 0.214. The Morgan fingerprint density at radius 1 is 0.935 bits per heavy atom. The van der Waals surface area contributed by atoms with Gasteiger partial charge in [0.25, 0.3) is 5.76 Å². The van der Waals surface area contributed by atoms with Gasteiger partial charge in [0, 0.05) is 6.07 Å². The first kappa shape index (κ1) is 21.0. The average molecular weight is 491 g/mol. The number of alkyl halides is 3. The summed E-state index contributed by atoms with van der Waals surface area (Å²) in [7, 11) is 0. The van der Waals surface area contributed by atoms with Crippen LogP contribution in [-0.4, -0.2) is 0 Å². The number of rotatable bonds is 5. The predicted octanol–water partition coefficient (Wildman–Crippen LogP) is 6.95. The monoisotopic (exact) mass is 490 g/mol. The van der Waals surface area contributed by atoms with Crippen molar-refractivity contribution < 1.29 is 27.1 Å². The van der Waals surface area contributed by atoms with Crippen molar-refractivity contribution in [3.8, 4) is 17.2 Å². The van der Waals surface area contributed by atoms with Crippen molar-refractivity contribution in [2.45, 2.75) is 12.8 Å². The second-order valence-electron chi connectivity index (χ2n) is 6.55. The number of benzene rings is 3. The van der Waals surface area contributed by atoms with Gasteiger partial charge in [-0.2, -0.15) is 13.2 Å². The van der Waals surface area contributed by atoms with E-state index < -0.39 is 23.1 Å². The molecular weight excluding hydrogens is 477 g/mol. The molecule has 0 saturated carbocycles. The van der Waals surface area contributed by atoms with Gasteiger partial charge >= 0.3 is 6.18 Å². The number of fused-ring (bicyclic) bond motifs is 1. The zero-order chi connectivity index (χ0) is 22.0. The Morgan fingerprint density at radius 3 is 2.35 bits per heavy atom. The molecule has 0 atom stereocenters. The quantitative estimate of drug-likeness (QED) is 0.303. The Kier molecular flexibility index (Phi) is 5.73. The van der Waals surface area contributed by atoms with Crippen LogP contribution in [0, 0.1) is 0 Å². The first-order valence-electron chi connectivity index (χ1n) is 9.10. The highest BCUT2D eigenvalue weighted by atomic mass is 79.9. The van der Waals surface area contributed by atoms with Gasteiger partial charge in [-0.15, -0.1) is 0 Å². The van der Waals surface area contributed by atoms with Crippen LogP contribution in [-0.2, 0) is 12.8 Å². The van der Waals surface area contributed by atoms with Crippen molar-refractivity contribution >= 4 is 26.9 Å². The molecule has 0 N–H and O–H groups in total. The van der Waals surface area contributed by atoms with Gasteiger partial charge in [-0.3, -0.25) is 4.79 Å². The smallest absolute Gasteiger partial charge is 0.453 e. The molecule has 0 aliphatic carbocycles. The third kappa shape index (κ3) is 4.59. The van der Waals surface area contributed by atoms with Crippen molar-refractivity contribution in [2.24, 2.45) is 0 Å². The van der Waals surface area contributed by atoms with Crippen molar-refractivity contribution in [3.05, 3.63) is 98.8 Å². The van der Waals surface area contributed by atoms with Gasteiger partial charge < -0.3 is 13.9 Å². The van der Waals surface area contributed by atoms with Crippen LogP contribution in [0.2, 0.25) is 0 Å². The molecule has 4 nitrogen and oxygen atoms in total. The van der Waals surface area contributed by atoms with Gasteiger partial charge in [0.2, 0.25) is 11.2 Å². The summed E-state index contributed by atoms with van der Waals surface area (Å²) in [6, 6.07) is 19.6. The van der Waals surface area contributed by atoms with Crippen molar-refractivity contribution in [1.29, 1.82) is 0 Å². The van der Waals surface area contributed by atoms with E-state index in [2.05, 4.69) is 15.9 Å². The van der Waals surface area contributed by atoms with E-state index in [1.165, 1.54) is 24.3 Å². The Morgan fingerprint density at radius 2 is 1.65 bits per heavy atom. The average Bonchev–Trinajstić information content (AvgIpc) is 2.75. The number of hydrogen-bond acceptors (Lipinski definition) is 4. The summed E-state index contributed by atoms with van der Waals surface area (Å²) < 4.78 is 57.5. The van der Waals surface area contributed by atoms with Gasteiger partial charge in [-0.05, 0) is 45.8 Å². The molecule has 8 heteroatoms. The van der Waals surface area contributed by atoms with E-state index in [1.807, 2.05) is 30.3 Å². The Hall–Kier alpha value is -3.26. The summed E-state index contributed by atoms with van der Waals surface area (Å²) in [5, 5.41) is -0.0536. The molecule has 0 amide bonds. The van der Waals surface area contributed by atoms with Crippen LogP contribution in [0.3, 0.4) is 0 Å². The molecule has 0 unspecified atom stereocenters. The highest BCUT2D eigenvalue weighted by molar-refractivity contribution is 9.10. The second kappa shape index (κ2) is 8.47. The fraction of sp³-hybridized carbons (Fsp3) is 0.0870. The molecule has 1 heterocycles. The summed E-state index contributed by atoms with van der Waals surface area (Å²) >= 11 is 3.19. The van der Waals surface area contributed by atoms with E-state index in [9.17, 15) is 18.0 Å². The fourth-order valence-electron chi connectivity index (χ4n) is 2.90. The van der Waals surface area contributed by atoms with E-state index >= 15 is 0 Å². The highest BCUT2D eigenvalue weighted by Crippen LogP contribution is 2.39. The van der Waals surface area contributed by atoms with Gasteiger partial charge in [0.1, 0.15) is 23.7 Å². The third-order valence-electron chi connectivity index (χ3n) is 4.38. The molecule has 0 saturated heterocycles. The third-order valence-corrected chi connectivity index (χ3v) is 5.03. The maximum Gasteiger partial charge on any atom is 0.453 e. The molecule has 0 spiro atoms. The molecule has 4 aromatic rings. The largest absolute Gasteiger partial charge is 0.489 e. The Labute approximate surface area is 183 Å². The minimum absolute atomic E-state index is 0.0536. The molecule has 0 aliphatic heterocycles. The van der Waals surface area contributed by atoms with Crippen LogP contribution in [0.15, 0.2) is 86.5 Å². The maximum atomic E-state index is 13.7. The van der Waals surface area contributed by atoms with Gasteiger partial charge in [-0.25, -0.2) is 0 Å². The molecule has 4 rings (SSSR count). The number of ether oxygens (including phenoxy) is 2. The standard InChI is InChI=1S/C23H14BrF3O4/c24-17-8-4-5-9-18(17)30-21-20(28)16-11-10-15(29-13-14-6-2-1-3-7-14)12-19(16)31-22(21)23(25,26)27/h1-12H,13H2. The molecule has 0 bridgehead atoms. The molecule has 1 aromatic heterocycles. The predicted molar refractivity (Wildman–Crippen MR) is 112 cm³/mol. The second-order valence-corrected chi connectivity index (χ2v) is 7.41. The van der Waals surface area contributed by atoms with Gasteiger partial charge in [-0.1, -0.05) is 42.5 Å². The molecular formula is C23H14BrF3O4. The lowest BCUT2D eigenvalue weighted by Gasteiger charge is -2.14. The Balaban J connectivity index is 1.75. The van der Waals surface area contributed by atoms with E-state index in [-0.39, 0.29) is 29.1 Å². The van der Waals surface area contributed by atoms with Crippen LogP contribution in [0.5, 0.6) is 17.2 Å². The molecule has 3 aromatic carbocycles.